The second-order valence-electron chi connectivity index (χ2n) is 3.95. The molecule has 2 N–H and O–H groups in total. The van der Waals surface area contributed by atoms with Crippen molar-refractivity contribution < 1.29 is 9.90 Å². The van der Waals surface area contributed by atoms with E-state index in [2.05, 4.69) is 9.97 Å². The molecule has 0 saturated carbocycles. The van der Waals surface area contributed by atoms with Gasteiger partial charge in [-0.05, 0) is 0 Å². The third-order valence-electron chi connectivity index (χ3n) is 2.67. The number of aromatic nitrogens is 4. The number of nitrogens with zero attached hydrogens (tertiary/aromatic N) is 5. The molecule has 0 aliphatic rings. The Morgan fingerprint density at radius 1 is 1.37 bits per heavy atom. The molecule has 2 aromatic heterocycles. The molecule has 98 valence electrons. The Morgan fingerprint density at radius 2 is 2.11 bits per heavy atom. The van der Waals surface area contributed by atoms with Gasteiger partial charge in [0.2, 0.25) is 0 Å². The zero-order valence-corrected chi connectivity index (χ0v) is 10.1. The van der Waals surface area contributed by atoms with Crippen LogP contribution in [0.25, 0.3) is 11.2 Å². The summed E-state index contributed by atoms with van der Waals surface area (Å²) in [4.78, 5) is 18.8. The van der Waals surface area contributed by atoms with E-state index in [-0.39, 0.29) is 18.5 Å². The summed E-state index contributed by atoms with van der Waals surface area (Å²) >= 11 is 0. The van der Waals surface area contributed by atoms with E-state index in [1.54, 1.807) is 4.57 Å². The number of hydrogen-bond acceptors (Lipinski definition) is 5. The maximum atomic E-state index is 10.5. The van der Waals surface area contributed by atoms with Gasteiger partial charge in [-0.25, -0.2) is 9.97 Å². The van der Waals surface area contributed by atoms with Gasteiger partial charge < -0.3 is 14.2 Å². The fraction of sp³-hybridized carbons (Fsp3) is 0.364. The second-order valence-corrected chi connectivity index (χ2v) is 3.95. The van der Waals surface area contributed by atoms with Gasteiger partial charge in [0.25, 0.3) is 0 Å². The Morgan fingerprint density at radius 3 is 2.79 bits per heavy atom. The molecule has 0 atom stereocenters. The van der Waals surface area contributed by atoms with Gasteiger partial charge >= 0.3 is 5.97 Å². The zero-order valence-electron chi connectivity index (χ0n) is 10.1. The van der Waals surface area contributed by atoms with Crippen LogP contribution >= 0.6 is 0 Å². The molecule has 8 heteroatoms. The van der Waals surface area contributed by atoms with E-state index in [1.165, 1.54) is 17.2 Å². The number of fused-ring (bicyclic) bond motifs is 1. The maximum Gasteiger partial charge on any atom is 0.305 e. The van der Waals surface area contributed by atoms with Crippen LogP contribution in [0, 0.1) is 16.7 Å². The van der Waals surface area contributed by atoms with Crippen molar-refractivity contribution in [3.8, 4) is 6.07 Å². The first-order chi connectivity index (χ1) is 9.13. The molecular formula is C11H12N6O2. The van der Waals surface area contributed by atoms with Crippen molar-refractivity contribution in [2.75, 3.05) is 0 Å². The molecule has 2 aromatic rings. The smallest absolute Gasteiger partial charge is 0.305 e. The summed E-state index contributed by atoms with van der Waals surface area (Å²) < 4.78 is 3.15. The molecule has 8 nitrogen and oxygen atoms in total. The van der Waals surface area contributed by atoms with E-state index in [0.29, 0.717) is 24.1 Å². The number of carboxylic acid groups (broad SMARTS) is 1. The van der Waals surface area contributed by atoms with Gasteiger partial charge in [-0.2, -0.15) is 5.26 Å². The van der Waals surface area contributed by atoms with Gasteiger partial charge in [-0.3, -0.25) is 10.2 Å². The molecule has 0 aromatic carbocycles. The Labute approximate surface area is 108 Å². The van der Waals surface area contributed by atoms with Crippen LogP contribution in [-0.4, -0.2) is 30.2 Å². The van der Waals surface area contributed by atoms with Crippen LogP contribution in [0.15, 0.2) is 12.7 Å². The molecular weight excluding hydrogens is 248 g/mol. The first-order valence-corrected chi connectivity index (χ1v) is 5.67. The highest BCUT2D eigenvalue weighted by molar-refractivity contribution is 5.69. The van der Waals surface area contributed by atoms with Crippen LogP contribution in [0.4, 0.5) is 0 Å². The first-order valence-electron chi connectivity index (χ1n) is 5.67. The summed E-state index contributed by atoms with van der Waals surface area (Å²) in [7, 11) is 0. The van der Waals surface area contributed by atoms with Gasteiger partial charge in [0.1, 0.15) is 5.52 Å². The molecule has 2 rings (SSSR count). The third kappa shape index (κ3) is 2.60. The second kappa shape index (κ2) is 5.30. The number of aliphatic carboxylic acids is 1. The Hall–Kier alpha value is -2.69. The standard InChI is InChI=1S/C11H12N6O2/c12-3-1-4-17-6-14-9-10(13)16(5-2-8(18)19)7-15-11(9)17/h6-7,13H,1-2,4-5H2,(H,18,19). The highest BCUT2D eigenvalue weighted by atomic mass is 16.4. The highest BCUT2D eigenvalue weighted by Gasteiger charge is 2.08. The molecule has 2 heterocycles. The molecule has 0 unspecified atom stereocenters. The normalized spacial score (nSPS) is 10.5. The van der Waals surface area contributed by atoms with Crippen LogP contribution < -0.4 is 5.49 Å². The number of hydrogen-bond donors (Lipinski definition) is 2. The van der Waals surface area contributed by atoms with Gasteiger partial charge in [0, 0.05) is 13.1 Å². The minimum Gasteiger partial charge on any atom is -0.481 e. The summed E-state index contributed by atoms with van der Waals surface area (Å²) in [6.45, 7) is 0.654. The van der Waals surface area contributed by atoms with E-state index in [4.69, 9.17) is 15.8 Å². The SMILES string of the molecule is N#CCCn1cnc2c(=N)n(CCC(=O)O)cnc21. The van der Waals surface area contributed by atoms with Crippen LogP contribution in [-0.2, 0) is 17.9 Å². The van der Waals surface area contributed by atoms with E-state index < -0.39 is 5.97 Å². The maximum absolute atomic E-state index is 10.5. The summed E-state index contributed by atoms with van der Waals surface area (Å²) in [6.07, 6.45) is 3.24. The van der Waals surface area contributed by atoms with Crippen molar-refractivity contribution in [2.24, 2.45) is 0 Å². The van der Waals surface area contributed by atoms with Crippen molar-refractivity contribution in [3.05, 3.63) is 18.1 Å². The fourth-order valence-electron chi connectivity index (χ4n) is 1.72. The number of carboxylic acids is 1. The van der Waals surface area contributed by atoms with Gasteiger partial charge in [0.05, 0.1) is 31.6 Å². The quantitative estimate of drug-likeness (QED) is 0.789. The van der Waals surface area contributed by atoms with E-state index in [9.17, 15) is 4.79 Å². The Bertz CT molecular complexity index is 708. The molecule has 0 spiro atoms. The summed E-state index contributed by atoms with van der Waals surface area (Å²) in [5.41, 5.74) is 1.07. The average molecular weight is 260 g/mol. The van der Waals surface area contributed by atoms with Crippen molar-refractivity contribution in [3.63, 3.8) is 0 Å². The third-order valence-corrected chi connectivity index (χ3v) is 2.67. The largest absolute Gasteiger partial charge is 0.481 e. The monoisotopic (exact) mass is 260 g/mol. The molecule has 0 radical (unpaired) electrons. The zero-order chi connectivity index (χ0) is 13.8. The lowest BCUT2D eigenvalue weighted by atomic mass is 10.4. The van der Waals surface area contributed by atoms with Crippen LogP contribution in [0.2, 0.25) is 0 Å². The molecule has 0 amide bonds. The highest BCUT2D eigenvalue weighted by Crippen LogP contribution is 2.05. The number of rotatable bonds is 5. The van der Waals surface area contributed by atoms with E-state index >= 15 is 0 Å². The number of imidazole rings is 1. The summed E-state index contributed by atoms with van der Waals surface area (Å²) in [6, 6.07) is 2.04. The molecule has 0 aliphatic carbocycles. The minimum absolute atomic E-state index is 0.0706. The average Bonchev–Trinajstić information content (AvgIpc) is 2.79. The lowest BCUT2D eigenvalue weighted by Gasteiger charge is -2.05. The minimum atomic E-state index is -0.924. The fourth-order valence-corrected chi connectivity index (χ4v) is 1.72. The van der Waals surface area contributed by atoms with Crippen LogP contribution in [0.1, 0.15) is 12.8 Å². The van der Waals surface area contributed by atoms with Gasteiger partial charge in [0.15, 0.2) is 11.1 Å². The van der Waals surface area contributed by atoms with Crippen molar-refractivity contribution >= 4 is 17.1 Å². The number of nitrogens with one attached hydrogen (secondary N) is 1. The van der Waals surface area contributed by atoms with Gasteiger partial charge in [-0.15, -0.1) is 0 Å². The summed E-state index contributed by atoms with van der Waals surface area (Å²) in [5.74, 6) is -0.924. The number of aryl methyl sites for hydroxylation is 2. The topological polar surface area (TPSA) is 121 Å². The Kier molecular flexibility index (Phi) is 3.56. The molecule has 0 saturated heterocycles. The van der Waals surface area contributed by atoms with E-state index in [0.717, 1.165) is 0 Å². The van der Waals surface area contributed by atoms with Crippen molar-refractivity contribution in [1.82, 2.24) is 19.1 Å². The molecule has 19 heavy (non-hydrogen) atoms. The number of carbonyl (C=O) groups is 1. The van der Waals surface area contributed by atoms with Crippen molar-refractivity contribution in [2.45, 2.75) is 25.9 Å². The van der Waals surface area contributed by atoms with Gasteiger partial charge in [-0.1, -0.05) is 0 Å². The van der Waals surface area contributed by atoms with Crippen LogP contribution in [0.3, 0.4) is 0 Å². The Balaban J connectivity index is 2.35. The van der Waals surface area contributed by atoms with Crippen LogP contribution in [0.5, 0.6) is 0 Å². The lowest BCUT2D eigenvalue weighted by Crippen LogP contribution is -2.22. The molecule has 0 bridgehead atoms. The van der Waals surface area contributed by atoms with E-state index in [1.807, 2.05) is 6.07 Å². The number of nitriles is 1. The predicted octanol–water partition coefficient (Wildman–Crippen LogP) is 0.101. The summed E-state index contributed by atoms with van der Waals surface area (Å²) in [5, 5.41) is 25.2. The van der Waals surface area contributed by atoms with Crippen molar-refractivity contribution in [1.29, 1.82) is 10.7 Å². The predicted molar refractivity (Wildman–Crippen MR) is 63.9 cm³/mol. The molecule has 0 aliphatic heterocycles. The first kappa shape index (κ1) is 12.8. The molecule has 0 fully saturated rings. The lowest BCUT2D eigenvalue weighted by molar-refractivity contribution is -0.137.